The minimum absolute atomic E-state index is 0.0466. The van der Waals surface area contributed by atoms with Crippen molar-refractivity contribution in [3.05, 3.63) is 0 Å². The second-order valence-corrected chi connectivity index (χ2v) is 3.96. The van der Waals surface area contributed by atoms with E-state index in [4.69, 9.17) is 0 Å². The number of carbonyl (C=O) groups excluding carboxylic acids is 1. The van der Waals surface area contributed by atoms with E-state index in [9.17, 15) is 9.90 Å². The molecule has 1 fully saturated rings. The first-order chi connectivity index (χ1) is 7.15. The van der Waals surface area contributed by atoms with E-state index >= 15 is 0 Å². The SMILES string of the molecule is CCNC(=O)C1CNCCN1CC(C)O. The van der Waals surface area contributed by atoms with Crippen molar-refractivity contribution in [2.45, 2.75) is 26.0 Å². The quantitative estimate of drug-likeness (QED) is 0.550. The first kappa shape index (κ1) is 12.4. The highest BCUT2D eigenvalue weighted by Crippen LogP contribution is 2.04. The molecule has 1 heterocycles. The number of hydrogen-bond donors (Lipinski definition) is 3. The molecular weight excluding hydrogens is 194 g/mol. The molecule has 1 rings (SSSR count). The van der Waals surface area contributed by atoms with Gasteiger partial charge in [-0.3, -0.25) is 9.69 Å². The third-order valence-electron chi connectivity index (χ3n) is 2.51. The molecule has 3 N–H and O–H groups in total. The first-order valence-corrected chi connectivity index (χ1v) is 5.55. The number of piperazine rings is 1. The van der Waals surface area contributed by atoms with E-state index in [0.29, 0.717) is 19.6 Å². The van der Waals surface area contributed by atoms with Crippen LogP contribution in [0.4, 0.5) is 0 Å². The van der Waals surface area contributed by atoms with Crippen LogP contribution in [0.1, 0.15) is 13.8 Å². The number of hydrogen-bond acceptors (Lipinski definition) is 4. The van der Waals surface area contributed by atoms with E-state index in [1.165, 1.54) is 0 Å². The van der Waals surface area contributed by atoms with Gasteiger partial charge >= 0.3 is 0 Å². The van der Waals surface area contributed by atoms with Crippen LogP contribution in [0.5, 0.6) is 0 Å². The topological polar surface area (TPSA) is 64.6 Å². The molecule has 0 aromatic carbocycles. The Morgan fingerprint density at radius 3 is 3.07 bits per heavy atom. The predicted octanol–water partition coefficient (Wildman–Crippen LogP) is -1.22. The van der Waals surface area contributed by atoms with Crippen LogP contribution >= 0.6 is 0 Å². The molecule has 15 heavy (non-hydrogen) atoms. The highest BCUT2D eigenvalue weighted by molar-refractivity contribution is 5.82. The van der Waals surface area contributed by atoms with E-state index in [1.807, 2.05) is 11.8 Å². The minimum atomic E-state index is -0.389. The molecule has 5 nitrogen and oxygen atoms in total. The van der Waals surface area contributed by atoms with E-state index in [1.54, 1.807) is 6.92 Å². The summed E-state index contributed by atoms with van der Waals surface area (Å²) < 4.78 is 0. The number of nitrogens with one attached hydrogen (secondary N) is 2. The summed E-state index contributed by atoms with van der Waals surface area (Å²) in [6.45, 7) is 7.22. The molecule has 2 atom stereocenters. The Bertz CT molecular complexity index is 209. The van der Waals surface area contributed by atoms with Gasteiger partial charge in [0.25, 0.3) is 0 Å². The van der Waals surface area contributed by atoms with Gasteiger partial charge in [0.1, 0.15) is 6.04 Å². The average molecular weight is 215 g/mol. The molecular formula is C10H21N3O2. The zero-order chi connectivity index (χ0) is 11.3. The maximum absolute atomic E-state index is 11.7. The van der Waals surface area contributed by atoms with Crippen molar-refractivity contribution in [3.63, 3.8) is 0 Å². The molecule has 0 spiro atoms. The fourth-order valence-corrected chi connectivity index (χ4v) is 1.85. The van der Waals surface area contributed by atoms with Crippen LogP contribution in [0.15, 0.2) is 0 Å². The molecule has 0 bridgehead atoms. The maximum Gasteiger partial charge on any atom is 0.238 e. The number of amides is 1. The molecule has 1 aliphatic rings. The molecule has 1 aliphatic heterocycles. The molecule has 88 valence electrons. The fraction of sp³-hybridized carbons (Fsp3) is 0.900. The van der Waals surface area contributed by atoms with E-state index in [2.05, 4.69) is 10.6 Å². The average Bonchev–Trinajstić information content (AvgIpc) is 2.18. The van der Waals surface area contributed by atoms with Crippen molar-refractivity contribution >= 4 is 5.91 Å². The lowest BCUT2D eigenvalue weighted by Crippen LogP contribution is -2.59. The molecule has 0 aromatic rings. The van der Waals surface area contributed by atoms with Gasteiger partial charge in [-0.2, -0.15) is 0 Å². The van der Waals surface area contributed by atoms with Crippen LogP contribution in [0.25, 0.3) is 0 Å². The second-order valence-electron chi connectivity index (χ2n) is 3.96. The van der Waals surface area contributed by atoms with Gasteiger partial charge in [-0.1, -0.05) is 0 Å². The van der Waals surface area contributed by atoms with Gasteiger partial charge in [0, 0.05) is 32.7 Å². The summed E-state index contributed by atoms with van der Waals surface area (Å²) in [5.74, 6) is 0.0466. The Morgan fingerprint density at radius 1 is 1.73 bits per heavy atom. The van der Waals surface area contributed by atoms with Crippen molar-refractivity contribution in [1.82, 2.24) is 15.5 Å². The Hall–Kier alpha value is -0.650. The third kappa shape index (κ3) is 3.77. The van der Waals surface area contributed by atoms with Crippen LogP contribution in [-0.4, -0.2) is 60.8 Å². The zero-order valence-corrected chi connectivity index (χ0v) is 9.49. The molecule has 1 saturated heterocycles. The monoisotopic (exact) mass is 215 g/mol. The number of rotatable bonds is 4. The number of nitrogens with zero attached hydrogens (tertiary/aromatic N) is 1. The summed E-state index contributed by atoms with van der Waals surface area (Å²) in [6, 6.07) is -0.145. The van der Waals surface area contributed by atoms with Crippen LogP contribution < -0.4 is 10.6 Å². The number of likely N-dealkylation sites (N-methyl/N-ethyl adjacent to an activating group) is 1. The van der Waals surface area contributed by atoms with Gasteiger partial charge in [0.2, 0.25) is 5.91 Å². The smallest absolute Gasteiger partial charge is 0.238 e. The summed E-state index contributed by atoms with van der Waals surface area (Å²) in [6.07, 6.45) is -0.389. The Kier molecular flexibility index (Phi) is 5.01. The highest BCUT2D eigenvalue weighted by Gasteiger charge is 2.28. The van der Waals surface area contributed by atoms with Gasteiger partial charge in [-0.15, -0.1) is 0 Å². The summed E-state index contributed by atoms with van der Waals surface area (Å²) >= 11 is 0. The zero-order valence-electron chi connectivity index (χ0n) is 9.49. The molecule has 0 aliphatic carbocycles. The van der Waals surface area contributed by atoms with Crippen LogP contribution in [0.3, 0.4) is 0 Å². The first-order valence-electron chi connectivity index (χ1n) is 5.55. The Labute approximate surface area is 90.8 Å². The molecule has 0 radical (unpaired) electrons. The van der Waals surface area contributed by atoms with Crippen molar-refractivity contribution < 1.29 is 9.90 Å². The normalized spacial score (nSPS) is 24.9. The van der Waals surface area contributed by atoms with Crippen molar-refractivity contribution in [1.29, 1.82) is 0 Å². The summed E-state index contributed by atoms with van der Waals surface area (Å²) in [5.41, 5.74) is 0. The number of carbonyl (C=O) groups is 1. The Morgan fingerprint density at radius 2 is 2.47 bits per heavy atom. The lowest BCUT2D eigenvalue weighted by atomic mass is 10.1. The number of β-amino-alcohol motifs (C(OH)–C–C–N with tert-alkyl or cyclic N) is 1. The molecule has 0 aromatic heterocycles. The van der Waals surface area contributed by atoms with Gasteiger partial charge in [0.05, 0.1) is 6.10 Å². The number of aliphatic hydroxyl groups is 1. The van der Waals surface area contributed by atoms with E-state index in [0.717, 1.165) is 13.1 Å². The predicted molar refractivity (Wildman–Crippen MR) is 58.6 cm³/mol. The Balaban J connectivity index is 2.52. The fourth-order valence-electron chi connectivity index (χ4n) is 1.85. The molecule has 0 saturated carbocycles. The van der Waals surface area contributed by atoms with Crippen molar-refractivity contribution in [2.24, 2.45) is 0 Å². The maximum atomic E-state index is 11.7. The lowest BCUT2D eigenvalue weighted by molar-refractivity contribution is -0.127. The lowest BCUT2D eigenvalue weighted by Gasteiger charge is -2.35. The van der Waals surface area contributed by atoms with Gasteiger partial charge in [-0.25, -0.2) is 0 Å². The highest BCUT2D eigenvalue weighted by atomic mass is 16.3. The van der Waals surface area contributed by atoms with Crippen molar-refractivity contribution in [2.75, 3.05) is 32.7 Å². The van der Waals surface area contributed by atoms with Crippen LogP contribution in [-0.2, 0) is 4.79 Å². The number of aliphatic hydroxyl groups excluding tert-OH is 1. The van der Waals surface area contributed by atoms with Gasteiger partial charge in [-0.05, 0) is 13.8 Å². The van der Waals surface area contributed by atoms with Gasteiger partial charge in [0.15, 0.2) is 0 Å². The molecule has 5 heteroatoms. The largest absolute Gasteiger partial charge is 0.392 e. The molecule has 1 amide bonds. The van der Waals surface area contributed by atoms with E-state index < -0.39 is 0 Å². The van der Waals surface area contributed by atoms with E-state index in [-0.39, 0.29) is 18.1 Å². The summed E-state index contributed by atoms with van der Waals surface area (Å²) in [5, 5.41) is 15.3. The summed E-state index contributed by atoms with van der Waals surface area (Å²) in [4.78, 5) is 13.7. The van der Waals surface area contributed by atoms with Crippen LogP contribution in [0, 0.1) is 0 Å². The second kappa shape index (κ2) is 6.05. The van der Waals surface area contributed by atoms with Crippen molar-refractivity contribution in [3.8, 4) is 0 Å². The minimum Gasteiger partial charge on any atom is -0.392 e. The molecule has 2 unspecified atom stereocenters. The van der Waals surface area contributed by atoms with Gasteiger partial charge < -0.3 is 15.7 Å². The van der Waals surface area contributed by atoms with Crippen LogP contribution in [0.2, 0.25) is 0 Å². The third-order valence-corrected chi connectivity index (χ3v) is 2.51. The summed E-state index contributed by atoms with van der Waals surface area (Å²) in [7, 11) is 0. The standard InChI is InChI=1S/C10H21N3O2/c1-3-12-10(15)9-6-11-4-5-13(9)7-8(2)14/h8-9,11,14H,3-7H2,1-2H3,(H,12,15).